The van der Waals surface area contributed by atoms with Gasteiger partial charge in [-0.25, -0.2) is 0 Å². The molecule has 0 amide bonds. The predicted molar refractivity (Wildman–Crippen MR) is 124 cm³/mol. The number of piperazine rings is 1. The van der Waals surface area contributed by atoms with Crippen LogP contribution in [0.25, 0.3) is 0 Å². The zero-order valence-corrected chi connectivity index (χ0v) is 18.3. The molecular formula is C26H37N3. The maximum Gasteiger partial charge on any atom is 0.0369 e. The van der Waals surface area contributed by atoms with Gasteiger partial charge in [0.25, 0.3) is 0 Å². The van der Waals surface area contributed by atoms with Gasteiger partial charge in [0.05, 0.1) is 0 Å². The Bertz CT molecular complexity index is 762. The van der Waals surface area contributed by atoms with Crippen LogP contribution in [-0.2, 0) is 6.42 Å². The Labute approximate surface area is 177 Å². The van der Waals surface area contributed by atoms with Crippen LogP contribution in [0.15, 0.2) is 48.5 Å². The highest BCUT2D eigenvalue weighted by atomic mass is 15.3. The van der Waals surface area contributed by atoms with Crippen LogP contribution in [0.2, 0.25) is 0 Å². The second-order valence-electron chi connectivity index (χ2n) is 8.80. The molecule has 0 spiro atoms. The van der Waals surface area contributed by atoms with Crippen LogP contribution >= 0.6 is 0 Å². The molecule has 2 fully saturated rings. The first-order valence-electron chi connectivity index (χ1n) is 11.6. The molecule has 0 radical (unpaired) electrons. The summed E-state index contributed by atoms with van der Waals surface area (Å²) in [5, 5.41) is 0. The van der Waals surface area contributed by atoms with E-state index in [9.17, 15) is 0 Å². The van der Waals surface area contributed by atoms with Crippen LogP contribution in [0.5, 0.6) is 0 Å². The lowest BCUT2D eigenvalue weighted by molar-refractivity contribution is 0.255. The Kier molecular flexibility index (Phi) is 6.89. The van der Waals surface area contributed by atoms with E-state index in [1.165, 1.54) is 80.8 Å². The Hall–Kier alpha value is -1.84. The Morgan fingerprint density at radius 2 is 1.72 bits per heavy atom. The van der Waals surface area contributed by atoms with Crippen molar-refractivity contribution in [1.82, 2.24) is 9.80 Å². The van der Waals surface area contributed by atoms with Gasteiger partial charge in [-0.15, -0.1) is 0 Å². The molecule has 0 aliphatic carbocycles. The summed E-state index contributed by atoms with van der Waals surface area (Å²) in [5.41, 5.74) is 5.74. The molecule has 4 rings (SSSR count). The fourth-order valence-corrected chi connectivity index (χ4v) is 5.05. The molecule has 2 aliphatic heterocycles. The Morgan fingerprint density at radius 1 is 0.931 bits per heavy atom. The molecule has 3 heteroatoms. The molecule has 2 aliphatic rings. The molecule has 1 unspecified atom stereocenters. The zero-order chi connectivity index (χ0) is 20.1. The number of hydrogen-bond acceptors (Lipinski definition) is 3. The second kappa shape index (κ2) is 9.77. The molecule has 3 nitrogen and oxygen atoms in total. The predicted octanol–water partition coefficient (Wildman–Crippen LogP) is 4.91. The summed E-state index contributed by atoms with van der Waals surface area (Å²) in [6.07, 6.45) is 5.12. The van der Waals surface area contributed by atoms with Crippen LogP contribution in [-0.4, -0.2) is 55.6 Å². The largest absolute Gasteiger partial charge is 0.369 e. The number of likely N-dealkylation sites (tertiary alicyclic amines) is 1. The normalized spacial score (nSPS) is 21.0. The lowest BCUT2D eigenvalue weighted by atomic mass is 10.0. The minimum Gasteiger partial charge on any atom is -0.369 e. The highest BCUT2D eigenvalue weighted by Crippen LogP contribution is 2.31. The summed E-state index contributed by atoms with van der Waals surface area (Å²) in [7, 11) is 0. The van der Waals surface area contributed by atoms with E-state index in [4.69, 9.17) is 0 Å². The monoisotopic (exact) mass is 391 g/mol. The molecule has 1 atom stereocenters. The van der Waals surface area contributed by atoms with E-state index in [0.29, 0.717) is 6.04 Å². The number of nitrogens with zero attached hydrogens (tertiary/aromatic N) is 3. The van der Waals surface area contributed by atoms with Gasteiger partial charge in [0.2, 0.25) is 0 Å². The summed E-state index contributed by atoms with van der Waals surface area (Å²) in [6.45, 7) is 12.8. The summed E-state index contributed by atoms with van der Waals surface area (Å²) in [4.78, 5) is 7.79. The van der Waals surface area contributed by atoms with E-state index in [0.717, 1.165) is 13.1 Å². The van der Waals surface area contributed by atoms with E-state index < -0.39 is 0 Å². The van der Waals surface area contributed by atoms with Crippen LogP contribution in [0.3, 0.4) is 0 Å². The Morgan fingerprint density at radius 3 is 2.45 bits per heavy atom. The average Bonchev–Trinajstić information content (AvgIpc) is 3.24. The van der Waals surface area contributed by atoms with Crippen molar-refractivity contribution in [2.45, 2.75) is 45.6 Å². The van der Waals surface area contributed by atoms with Gasteiger partial charge < -0.3 is 4.90 Å². The molecule has 0 bridgehead atoms. The van der Waals surface area contributed by atoms with Crippen LogP contribution < -0.4 is 4.90 Å². The van der Waals surface area contributed by atoms with Crippen molar-refractivity contribution in [3.63, 3.8) is 0 Å². The summed E-state index contributed by atoms with van der Waals surface area (Å²) >= 11 is 0. The van der Waals surface area contributed by atoms with Crippen molar-refractivity contribution < 1.29 is 0 Å². The first kappa shape index (κ1) is 20.4. The lowest BCUT2D eigenvalue weighted by Gasteiger charge is -2.36. The molecule has 2 aromatic carbocycles. The first-order chi connectivity index (χ1) is 14.2. The van der Waals surface area contributed by atoms with Gasteiger partial charge in [-0.3, -0.25) is 9.80 Å². The van der Waals surface area contributed by atoms with Gasteiger partial charge >= 0.3 is 0 Å². The summed E-state index contributed by atoms with van der Waals surface area (Å²) in [5.74, 6) is 0. The fraction of sp³-hybridized carbons (Fsp3) is 0.538. The third kappa shape index (κ3) is 5.21. The van der Waals surface area contributed by atoms with Gasteiger partial charge in [0, 0.05) is 37.9 Å². The van der Waals surface area contributed by atoms with E-state index in [1.54, 1.807) is 0 Å². The standard InChI is InChI=1S/C26H37N3/c1-3-28-16-6-10-26(28)24-13-11-23(12-14-24)8-5-15-27-17-19-29(20-18-27)25-9-4-7-22(2)21-25/h4,7,9,11-14,21,26H,3,5-6,8,10,15-20H2,1-2H3. The minimum absolute atomic E-state index is 0.652. The summed E-state index contributed by atoms with van der Waals surface area (Å²) < 4.78 is 0. The first-order valence-corrected chi connectivity index (χ1v) is 11.6. The van der Waals surface area contributed by atoms with Crippen molar-refractivity contribution in [2.24, 2.45) is 0 Å². The topological polar surface area (TPSA) is 9.72 Å². The molecule has 2 heterocycles. The number of benzene rings is 2. The quantitative estimate of drug-likeness (QED) is 0.664. The molecule has 0 aromatic heterocycles. The van der Waals surface area contributed by atoms with Gasteiger partial charge in [-0.05, 0) is 81.1 Å². The molecule has 0 saturated carbocycles. The SMILES string of the molecule is CCN1CCCC1c1ccc(CCCN2CCN(c3cccc(C)c3)CC2)cc1. The Balaban J connectivity index is 1.20. The number of anilines is 1. The summed E-state index contributed by atoms with van der Waals surface area (Å²) in [6, 6.07) is 19.1. The van der Waals surface area contributed by atoms with Crippen molar-refractivity contribution >= 4 is 5.69 Å². The molecule has 29 heavy (non-hydrogen) atoms. The third-order valence-electron chi connectivity index (χ3n) is 6.81. The van der Waals surface area contributed by atoms with Crippen molar-refractivity contribution in [3.8, 4) is 0 Å². The van der Waals surface area contributed by atoms with E-state index in [1.807, 2.05) is 0 Å². The maximum atomic E-state index is 2.64. The van der Waals surface area contributed by atoms with Gasteiger partial charge in [0.1, 0.15) is 0 Å². The van der Waals surface area contributed by atoms with E-state index in [-0.39, 0.29) is 0 Å². The van der Waals surface area contributed by atoms with E-state index >= 15 is 0 Å². The number of hydrogen-bond donors (Lipinski definition) is 0. The second-order valence-corrected chi connectivity index (χ2v) is 8.80. The molecule has 156 valence electrons. The van der Waals surface area contributed by atoms with Crippen LogP contribution in [0.4, 0.5) is 5.69 Å². The van der Waals surface area contributed by atoms with Gasteiger partial charge in [-0.1, -0.05) is 43.3 Å². The van der Waals surface area contributed by atoms with Gasteiger partial charge in [-0.2, -0.15) is 0 Å². The molecule has 0 N–H and O–H groups in total. The molecule has 2 aromatic rings. The van der Waals surface area contributed by atoms with Gasteiger partial charge in [0.15, 0.2) is 0 Å². The highest BCUT2D eigenvalue weighted by Gasteiger charge is 2.24. The minimum atomic E-state index is 0.652. The average molecular weight is 392 g/mol. The molecular weight excluding hydrogens is 354 g/mol. The third-order valence-corrected chi connectivity index (χ3v) is 6.81. The zero-order valence-electron chi connectivity index (χ0n) is 18.3. The number of aryl methyl sites for hydroxylation is 2. The van der Waals surface area contributed by atoms with Crippen molar-refractivity contribution in [1.29, 1.82) is 0 Å². The smallest absolute Gasteiger partial charge is 0.0369 e. The lowest BCUT2D eigenvalue weighted by Crippen LogP contribution is -2.46. The van der Waals surface area contributed by atoms with Crippen molar-refractivity contribution in [2.75, 3.05) is 50.7 Å². The fourth-order valence-electron chi connectivity index (χ4n) is 5.05. The van der Waals surface area contributed by atoms with E-state index in [2.05, 4.69) is 77.1 Å². The number of rotatable bonds is 7. The highest BCUT2D eigenvalue weighted by molar-refractivity contribution is 5.48. The molecule has 2 saturated heterocycles. The van der Waals surface area contributed by atoms with Crippen molar-refractivity contribution in [3.05, 3.63) is 65.2 Å². The van der Waals surface area contributed by atoms with Crippen LogP contribution in [0.1, 0.15) is 48.9 Å². The van der Waals surface area contributed by atoms with Crippen LogP contribution in [0, 0.1) is 6.92 Å². The maximum absolute atomic E-state index is 2.64.